The van der Waals surface area contributed by atoms with Crippen LogP contribution in [-0.4, -0.2) is 13.0 Å². The number of benzene rings is 2. The maximum absolute atomic E-state index is 13.0. The fourth-order valence-corrected chi connectivity index (χ4v) is 1.83. The number of methoxy groups -OCH3 is 1. The van der Waals surface area contributed by atoms with Crippen LogP contribution in [0.4, 0.5) is 15.8 Å². The van der Waals surface area contributed by atoms with Crippen LogP contribution in [0.1, 0.15) is 15.9 Å². The number of carbonyl (C=O) groups excluding carboxylic acids is 1. The molecular formula is C15H15FN2O2. The van der Waals surface area contributed by atoms with Gasteiger partial charge < -0.3 is 15.8 Å². The lowest BCUT2D eigenvalue weighted by Crippen LogP contribution is -2.15. The van der Waals surface area contributed by atoms with Gasteiger partial charge in [0.1, 0.15) is 11.6 Å². The van der Waals surface area contributed by atoms with Crippen LogP contribution in [0.25, 0.3) is 0 Å². The van der Waals surface area contributed by atoms with Gasteiger partial charge in [-0.1, -0.05) is 0 Å². The van der Waals surface area contributed by atoms with Crippen molar-refractivity contribution in [1.29, 1.82) is 0 Å². The van der Waals surface area contributed by atoms with Gasteiger partial charge in [-0.3, -0.25) is 4.79 Å². The number of anilines is 2. The molecule has 0 aromatic heterocycles. The molecule has 0 aliphatic rings. The number of hydrogen-bond donors (Lipinski definition) is 2. The summed E-state index contributed by atoms with van der Waals surface area (Å²) < 4.78 is 18.1. The number of rotatable bonds is 3. The Morgan fingerprint density at radius 2 is 2.00 bits per heavy atom. The molecule has 1 amide bonds. The van der Waals surface area contributed by atoms with E-state index in [2.05, 4.69) is 5.32 Å². The van der Waals surface area contributed by atoms with Gasteiger partial charge in [-0.05, 0) is 48.9 Å². The molecule has 0 radical (unpaired) electrons. The molecule has 4 nitrogen and oxygen atoms in total. The maximum atomic E-state index is 13.0. The van der Waals surface area contributed by atoms with Crippen LogP contribution in [0.3, 0.4) is 0 Å². The maximum Gasteiger partial charge on any atom is 0.257 e. The lowest BCUT2D eigenvalue weighted by molar-refractivity contribution is 0.102. The SMILES string of the molecule is COc1ccc(NC(=O)c2ccc(F)cc2N)c(C)c1. The molecule has 0 unspecified atom stereocenters. The second kappa shape index (κ2) is 5.61. The Labute approximate surface area is 116 Å². The predicted octanol–water partition coefficient (Wildman–Crippen LogP) is 2.98. The molecule has 104 valence electrons. The Balaban J connectivity index is 2.23. The number of amides is 1. The molecule has 2 aromatic carbocycles. The van der Waals surface area contributed by atoms with E-state index in [1.807, 2.05) is 13.0 Å². The molecule has 0 aliphatic heterocycles. The van der Waals surface area contributed by atoms with E-state index < -0.39 is 5.82 Å². The van der Waals surface area contributed by atoms with Gasteiger partial charge in [0.25, 0.3) is 5.91 Å². The first-order chi connectivity index (χ1) is 9.51. The van der Waals surface area contributed by atoms with Crippen molar-refractivity contribution in [3.8, 4) is 5.75 Å². The Kier molecular flexibility index (Phi) is 3.89. The van der Waals surface area contributed by atoms with E-state index in [1.54, 1.807) is 19.2 Å². The van der Waals surface area contributed by atoms with Crippen molar-refractivity contribution >= 4 is 17.3 Å². The van der Waals surface area contributed by atoms with E-state index in [9.17, 15) is 9.18 Å². The van der Waals surface area contributed by atoms with Gasteiger partial charge in [0, 0.05) is 11.4 Å². The number of carbonyl (C=O) groups is 1. The first-order valence-electron chi connectivity index (χ1n) is 6.02. The topological polar surface area (TPSA) is 64.3 Å². The zero-order chi connectivity index (χ0) is 14.7. The highest BCUT2D eigenvalue weighted by Gasteiger charge is 2.12. The van der Waals surface area contributed by atoms with Gasteiger partial charge in [0.05, 0.1) is 12.7 Å². The number of nitrogens with two attached hydrogens (primary N) is 1. The summed E-state index contributed by atoms with van der Waals surface area (Å²) in [6.07, 6.45) is 0. The van der Waals surface area contributed by atoms with Gasteiger partial charge in [-0.15, -0.1) is 0 Å². The molecular weight excluding hydrogens is 259 g/mol. The monoisotopic (exact) mass is 274 g/mol. The molecule has 0 aliphatic carbocycles. The van der Waals surface area contributed by atoms with Crippen molar-refractivity contribution in [3.63, 3.8) is 0 Å². The number of ether oxygens (including phenoxy) is 1. The van der Waals surface area contributed by atoms with Crippen molar-refractivity contribution in [2.24, 2.45) is 0 Å². The summed E-state index contributed by atoms with van der Waals surface area (Å²) in [4.78, 5) is 12.1. The number of aryl methyl sites for hydroxylation is 1. The summed E-state index contributed by atoms with van der Waals surface area (Å²) in [6, 6.07) is 8.98. The molecule has 0 atom stereocenters. The third-order valence-electron chi connectivity index (χ3n) is 2.94. The van der Waals surface area contributed by atoms with E-state index in [0.29, 0.717) is 11.4 Å². The zero-order valence-corrected chi connectivity index (χ0v) is 11.2. The summed E-state index contributed by atoms with van der Waals surface area (Å²) in [7, 11) is 1.58. The predicted molar refractivity (Wildman–Crippen MR) is 76.5 cm³/mol. The van der Waals surface area contributed by atoms with Crippen LogP contribution in [0.2, 0.25) is 0 Å². The van der Waals surface area contributed by atoms with Crippen molar-refractivity contribution in [2.45, 2.75) is 6.92 Å². The van der Waals surface area contributed by atoms with Crippen LogP contribution in [0.15, 0.2) is 36.4 Å². The Hall–Kier alpha value is -2.56. The largest absolute Gasteiger partial charge is 0.497 e. The van der Waals surface area contributed by atoms with Gasteiger partial charge >= 0.3 is 0 Å². The van der Waals surface area contributed by atoms with Gasteiger partial charge in [0.2, 0.25) is 0 Å². The van der Waals surface area contributed by atoms with E-state index in [1.165, 1.54) is 12.1 Å². The lowest BCUT2D eigenvalue weighted by Gasteiger charge is -2.11. The van der Waals surface area contributed by atoms with Crippen molar-refractivity contribution < 1.29 is 13.9 Å². The highest BCUT2D eigenvalue weighted by molar-refractivity contribution is 6.08. The van der Waals surface area contributed by atoms with Crippen LogP contribution in [0.5, 0.6) is 5.75 Å². The third-order valence-corrected chi connectivity index (χ3v) is 2.94. The smallest absolute Gasteiger partial charge is 0.257 e. The fourth-order valence-electron chi connectivity index (χ4n) is 1.83. The Morgan fingerprint density at radius 3 is 2.60 bits per heavy atom. The second-order valence-corrected chi connectivity index (χ2v) is 4.37. The second-order valence-electron chi connectivity index (χ2n) is 4.37. The molecule has 0 fully saturated rings. The Morgan fingerprint density at radius 1 is 1.25 bits per heavy atom. The van der Waals surface area contributed by atoms with E-state index in [0.717, 1.165) is 11.6 Å². The molecule has 5 heteroatoms. The van der Waals surface area contributed by atoms with Gasteiger partial charge in [-0.2, -0.15) is 0 Å². The number of nitrogen functional groups attached to an aromatic ring is 1. The number of nitrogens with one attached hydrogen (secondary N) is 1. The first-order valence-corrected chi connectivity index (χ1v) is 6.02. The van der Waals surface area contributed by atoms with E-state index >= 15 is 0 Å². The number of hydrogen-bond acceptors (Lipinski definition) is 3. The highest BCUT2D eigenvalue weighted by atomic mass is 19.1. The minimum Gasteiger partial charge on any atom is -0.497 e. The highest BCUT2D eigenvalue weighted by Crippen LogP contribution is 2.22. The van der Waals surface area contributed by atoms with Gasteiger partial charge in [-0.25, -0.2) is 4.39 Å². The zero-order valence-electron chi connectivity index (χ0n) is 11.2. The molecule has 2 aromatic rings. The van der Waals surface area contributed by atoms with Crippen molar-refractivity contribution in [2.75, 3.05) is 18.2 Å². The molecule has 0 saturated heterocycles. The van der Waals surface area contributed by atoms with Crippen molar-refractivity contribution in [3.05, 3.63) is 53.3 Å². The summed E-state index contributed by atoms with van der Waals surface area (Å²) in [5.41, 5.74) is 7.49. The normalized spacial score (nSPS) is 10.2. The third kappa shape index (κ3) is 2.88. The summed E-state index contributed by atoms with van der Waals surface area (Å²) in [6.45, 7) is 1.85. The summed E-state index contributed by atoms with van der Waals surface area (Å²) in [5, 5.41) is 2.74. The van der Waals surface area contributed by atoms with Crippen molar-refractivity contribution in [1.82, 2.24) is 0 Å². The molecule has 0 heterocycles. The minimum atomic E-state index is -0.473. The van der Waals surface area contributed by atoms with E-state index in [4.69, 9.17) is 10.5 Å². The minimum absolute atomic E-state index is 0.105. The quantitative estimate of drug-likeness (QED) is 0.846. The van der Waals surface area contributed by atoms with Crippen LogP contribution >= 0.6 is 0 Å². The Bertz CT molecular complexity index is 656. The average Bonchev–Trinajstić information content (AvgIpc) is 2.40. The molecule has 0 spiro atoms. The lowest BCUT2D eigenvalue weighted by atomic mass is 10.1. The van der Waals surface area contributed by atoms with Crippen LogP contribution in [-0.2, 0) is 0 Å². The van der Waals surface area contributed by atoms with Gasteiger partial charge in [0.15, 0.2) is 0 Å². The first kappa shape index (κ1) is 13.9. The van der Waals surface area contributed by atoms with E-state index in [-0.39, 0.29) is 17.2 Å². The standard InChI is InChI=1S/C15H15FN2O2/c1-9-7-11(20-2)4-6-14(9)18-15(19)12-5-3-10(16)8-13(12)17/h3-8H,17H2,1-2H3,(H,18,19). The average molecular weight is 274 g/mol. The molecule has 2 rings (SSSR count). The number of halogens is 1. The summed E-state index contributed by atoms with van der Waals surface area (Å²) in [5.74, 6) is -0.141. The molecule has 3 N–H and O–H groups in total. The summed E-state index contributed by atoms with van der Waals surface area (Å²) >= 11 is 0. The molecule has 0 saturated carbocycles. The van der Waals surface area contributed by atoms with Crippen LogP contribution in [0, 0.1) is 12.7 Å². The van der Waals surface area contributed by atoms with Crippen LogP contribution < -0.4 is 15.8 Å². The molecule has 20 heavy (non-hydrogen) atoms. The molecule has 0 bridgehead atoms. The fraction of sp³-hybridized carbons (Fsp3) is 0.133.